The van der Waals surface area contributed by atoms with Gasteiger partial charge in [0.25, 0.3) is 5.91 Å². The second kappa shape index (κ2) is 9.94. The molecule has 2 fully saturated rings. The number of piperidine rings is 1. The largest absolute Gasteiger partial charge is 0.459 e. The van der Waals surface area contributed by atoms with Crippen LogP contribution in [-0.2, 0) is 9.59 Å². The first-order valence-electron chi connectivity index (χ1n) is 11.2. The number of hydrogen-bond acceptors (Lipinski definition) is 7. The SMILES string of the molecule is Cc1cc(C)nc(SCC(=O)N2CCC3(CCN(C(=O)CNC(=O)c4ccco4)CC3)C2)n1. The maximum atomic E-state index is 12.8. The van der Waals surface area contributed by atoms with E-state index in [-0.39, 0.29) is 29.5 Å². The highest BCUT2D eigenvalue weighted by atomic mass is 32.2. The summed E-state index contributed by atoms with van der Waals surface area (Å²) in [6.45, 7) is 6.57. The van der Waals surface area contributed by atoms with Crippen LogP contribution < -0.4 is 5.32 Å². The average Bonchev–Trinajstić information content (AvgIpc) is 3.47. The van der Waals surface area contributed by atoms with Crippen LogP contribution in [0.5, 0.6) is 0 Å². The highest BCUT2D eigenvalue weighted by Gasteiger charge is 2.42. The Morgan fingerprint density at radius 1 is 1.06 bits per heavy atom. The van der Waals surface area contributed by atoms with Crippen LogP contribution in [0.3, 0.4) is 0 Å². The van der Waals surface area contributed by atoms with Gasteiger partial charge in [0.2, 0.25) is 11.8 Å². The molecule has 0 unspecified atom stereocenters. The zero-order chi connectivity index (χ0) is 23.4. The highest BCUT2D eigenvalue weighted by Crippen LogP contribution is 2.40. The second-order valence-corrected chi connectivity index (χ2v) is 9.77. The fourth-order valence-electron chi connectivity index (χ4n) is 4.52. The molecule has 10 heteroatoms. The molecule has 0 saturated carbocycles. The lowest BCUT2D eigenvalue weighted by atomic mass is 9.78. The van der Waals surface area contributed by atoms with E-state index in [9.17, 15) is 14.4 Å². The van der Waals surface area contributed by atoms with E-state index < -0.39 is 5.91 Å². The average molecular weight is 472 g/mol. The summed E-state index contributed by atoms with van der Waals surface area (Å²) in [6.07, 6.45) is 4.11. The van der Waals surface area contributed by atoms with Crippen molar-refractivity contribution in [2.45, 2.75) is 38.3 Å². The van der Waals surface area contributed by atoms with Gasteiger partial charge >= 0.3 is 0 Å². The molecular weight excluding hydrogens is 442 g/mol. The van der Waals surface area contributed by atoms with E-state index in [0.29, 0.717) is 24.0 Å². The van der Waals surface area contributed by atoms with Gasteiger partial charge in [-0.15, -0.1) is 0 Å². The number of aromatic nitrogens is 2. The van der Waals surface area contributed by atoms with Gasteiger partial charge in [0, 0.05) is 37.6 Å². The lowest BCUT2D eigenvalue weighted by Gasteiger charge is -2.39. The number of aryl methyl sites for hydroxylation is 2. The van der Waals surface area contributed by atoms with Crippen molar-refractivity contribution < 1.29 is 18.8 Å². The Morgan fingerprint density at radius 2 is 1.73 bits per heavy atom. The van der Waals surface area contributed by atoms with Crippen LogP contribution in [-0.4, -0.2) is 76.0 Å². The normalized spacial score (nSPS) is 17.4. The van der Waals surface area contributed by atoms with Crippen molar-refractivity contribution in [3.05, 3.63) is 41.6 Å². The number of likely N-dealkylation sites (tertiary alicyclic amines) is 2. The minimum atomic E-state index is -0.393. The number of carbonyl (C=O) groups excluding carboxylic acids is 3. The van der Waals surface area contributed by atoms with Crippen LogP contribution in [0.2, 0.25) is 0 Å². The number of thioether (sulfide) groups is 1. The third-order valence-corrected chi connectivity index (χ3v) is 7.23. The van der Waals surface area contributed by atoms with Gasteiger partial charge in [-0.1, -0.05) is 11.8 Å². The summed E-state index contributed by atoms with van der Waals surface area (Å²) in [5.74, 6) is 0.146. The van der Waals surface area contributed by atoms with E-state index in [1.807, 2.05) is 24.8 Å². The maximum absolute atomic E-state index is 12.8. The maximum Gasteiger partial charge on any atom is 0.287 e. The van der Waals surface area contributed by atoms with Gasteiger partial charge in [-0.25, -0.2) is 9.97 Å². The van der Waals surface area contributed by atoms with Crippen LogP contribution in [0.4, 0.5) is 0 Å². The molecule has 2 saturated heterocycles. The Bertz CT molecular complexity index is 998. The Labute approximate surface area is 197 Å². The predicted octanol–water partition coefficient (Wildman–Crippen LogP) is 2.05. The van der Waals surface area contributed by atoms with Gasteiger partial charge in [-0.05, 0) is 56.7 Å². The van der Waals surface area contributed by atoms with Gasteiger partial charge in [0.05, 0.1) is 18.6 Å². The van der Waals surface area contributed by atoms with Crippen LogP contribution in [0, 0.1) is 19.3 Å². The van der Waals surface area contributed by atoms with E-state index >= 15 is 0 Å². The van der Waals surface area contributed by atoms with E-state index in [2.05, 4.69) is 15.3 Å². The van der Waals surface area contributed by atoms with Crippen molar-refractivity contribution in [1.82, 2.24) is 25.1 Å². The van der Waals surface area contributed by atoms with Crippen LogP contribution >= 0.6 is 11.8 Å². The van der Waals surface area contributed by atoms with Crippen molar-refractivity contribution in [3.8, 4) is 0 Å². The molecule has 0 atom stereocenters. The summed E-state index contributed by atoms with van der Waals surface area (Å²) in [5, 5.41) is 3.25. The summed E-state index contributed by atoms with van der Waals surface area (Å²) >= 11 is 1.38. The molecule has 0 bridgehead atoms. The third kappa shape index (κ3) is 5.73. The second-order valence-electron chi connectivity index (χ2n) is 8.83. The van der Waals surface area contributed by atoms with Gasteiger partial charge in [-0.3, -0.25) is 14.4 Å². The molecular formula is C23H29N5O4S. The van der Waals surface area contributed by atoms with Crippen LogP contribution in [0.1, 0.15) is 41.2 Å². The predicted molar refractivity (Wildman–Crippen MR) is 123 cm³/mol. The molecule has 4 rings (SSSR count). The molecule has 2 aliphatic rings. The van der Waals surface area contributed by atoms with Crippen molar-refractivity contribution in [1.29, 1.82) is 0 Å². The number of nitrogens with one attached hydrogen (secondary N) is 1. The number of amides is 3. The quantitative estimate of drug-likeness (QED) is 0.507. The monoisotopic (exact) mass is 471 g/mol. The Hall–Kier alpha value is -2.88. The lowest BCUT2D eigenvalue weighted by molar-refractivity contribution is -0.133. The zero-order valence-corrected chi connectivity index (χ0v) is 19.8. The molecule has 9 nitrogen and oxygen atoms in total. The molecule has 2 aromatic rings. The van der Waals surface area contributed by atoms with Crippen LogP contribution in [0.15, 0.2) is 34.0 Å². The number of nitrogens with zero attached hydrogens (tertiary/aromatic N) is 4. The van der Waals surface area contributed by atoms with E-state index in [4.69, 9.17) is 4.42 Å². The molecule has 0 aromatic carbocycles. The van der Waals surface area contributed by atoms with Gasteiger partial charge in [0.1, 0.15) is 0 Å². The molecule has 0 radical (unpaired) electrons. The summed E-state index contributed by atoms with van der Waals surface area (Å²) in [5.41, 5.74) is 1.88. The fraction of sp³-hybridized carbons (Fsp3) is 0.522. The molecule has 1 N–H and O–H groups in total. The molecule has 2 aliphatic heterocycles. The van der Waals surface area contributed by atoms with E-state index in [0.717, 1.165) is 43.7 Å². The molecule has 0 aliphatic carbocycles. The van der Waals surface area contributed by atoms with Crippen molar-refractivity contribution in [2.24, 2.45) is 5.41 Å². The van der Waals surface area contributed by atoms with Crippen molar-refractivity contribution >= 4 is 29.5 Å². The lowest BCUT2D eigenvalue weighted by Crippen LogP contribution is -2.47. The Morgan fingerprint density at radius 3 is 2.36 bits per heavy atom. The van der Waals surface area contributed by atoms with Gasteiger partial charge in [0.15, 0.2) is 10.9 Å². The van der Waals surface area contributed by atoms with E-state index in [1.165, 1.54) is 18.0 Å². The molecule has 2 aromatic heterocycles. The van der Waals surface area contributed by atoms with Crippen molar-refractivity contribution in [2.75, 3.05) is 38.5 Å². The molecule has 4 heterocycles. The molecule has 176 valence electrons. The van der Waals surface area contributed by atoms with Gasteiger partial charge < -0.3 is 19.5 Å². The molecule has 3 amide bonds. The fourth-order valence-corrected chi connectivity index (χ4v) is 5.38. The zero-order valence-electron chi connectivity index (χ0n) is 19.0. The Balaban J connectivity index is 1.21. The first-order valence-corrected chi connectivity index (χ1v) is 12.1. The summed E-state index contributed by atoms with van der Waals surface area (Å²) in [4.78, 5) is 49.8. The van der Waals surface area contributed by atoms with Crippen LogP contribution in [0.25, 0.3) is 0 Å². The number of furan rings is 1. The number of hydrogen-bond donors (Lipinski definition) is 1. The Kier molecular flexibility index (Phi) is 7.02. The summed E-state index contributed by atoms with van der Waals surface area (Å²) in [7, 11) is 0. The van der Waals surface area contributed by atoms with Gasteiger partial charge in [-0.2, -0.15) is 0 Å². The molecule has 33 heavy (non-hydrogen) atoms. The summed E-state index contributed by atoms with van der Waals surface area (Å²) in [6, 6.07) is 5.11. The molecule has 1 spiro atoms. The number of rotatable bonds is 6. The number of carbonyl (C=O) groups is 3. The standard InChI is InChI=1S/C23H29N5O4S/c1-16-12-17(2)26-22(25-16)33-14-20(30)28-10-7-23(15-28)5-8-27(9-6-23)19(29)13-24-21(31)18-4-3-11-32-18/h3-4,11-12H,5-10,13-15H2,1-2H3,(H,24,31). The van der Waals surface area contributed by atoms with E-state index in [1.54, 1.807) is 17.0 Å². The van der Waals surface area contributed by atoms with Crippen molar-refractivity contribution in [3.63, 3.8) is 0 Å². The highest BCUT2D eigenvalue weighted by molar-refractivity contribution is 7.99. The summed E-state index contributed by atoms with van der Waals surface area (Å²) < 4.78 is 5.04. The third-order valence-electron chi connectivity index (χ3n) is 6.40. The minimum Gasteiger partial charge on any atom is -0.459 e. The smallest absolute Gasteiger partial charge is 0.287 e. The minimum absolute atomic E-state index is 0.0468. The first-order chi connectivity index (χ1) is 15.8. The topological polar surface area (TPSA) is 109 Å². The first kappa shape index (κ1) is 23.3.